The lowest BCUT2D eigenvalue weighted by molar-refractivity contribution is 0.463. The molecule has 17 heavy (non-hydrogen) atoms. The molecule has 0 fully saturated rings. The molecule has 0 amide bonds. The number of fused-ring (bicyclic) bond motifs is 1. The minimum atomic E-state index is 0.121. The molecular weight excluding hydrogens is 208 g/mol. The monoisotopic (exact) mass is 228 g/mol. The minimum Gasteiger partial charge on any atom is -0.324 e. The summed E-state index contributed by atoms with van der Waals surface area (Å²) in [4.78, 5) is 4.15. The number of hydrogen-bond acceptors (Lipinski definition) is 2. The summed E-state index contributed by atoms with van der Waals surface area (Å²) in [6.07, 6.45) is 5.95. The maximum Gasteiger partial charge on any atom is 0.0346 e. The molecule has 2 N–H and O–H groups in total. The lowest BCUT2D eigenvalue weighted by Crippen LogP contribution is -2.14. The highest BCUT2D eigenvalue weighted by Crippen LogP contribution is 2.26. The van der Waals surface area contributed by atoms with Crippen molar-refractivity contribution >= 4 is 10.8 Å². The number of rotatable bonds is 4. The van der Waals surface area contributed by atoms with Crippen LogP contribution in [0, 0.1) is 5.92 Å². The first kappa shape index (κ1) is 12.1. The number of aromatic nitrogens is 1. The van der Waals surface area contributed by atoms with E-state index in [1.807, 2.05) is 12.4 Å². The minimum absolute atomic E-state index is 0.121. The second-order valence-corrected chi connectivity index (χ2v) is 4.80. The first-order valence-corrected chi connectivity index (χ1v) is 6.30. The van der Waals surface area contributed by atoms with Gasteiger partial charge in [0.1, 0.15) is 0 Å². The van der Waals surface area contributed by atoms with Crippen LogP contribution in [0.3, 0.4) is 0 Å². The first-order chi connectivity index (χ1) is 8.22. The summed E-state index contributed by atoms with van der Waals surface area (Å²) in [5.74, 6) is 0.669. The van der Waals surface area contributed by atoms with Crippen molar-refractivity contribution in [1.82, 2.24) is 4.98 Å². The van der Waals surface area contributed by atoms with E-state index < -0.39 is 0 Å². The molecule has 90 valence electrons. The van der Waals surface area contributed by atoms with Crippen LogP contribution in [0.25, 0.3) is 10.8 Å². The van der Waals surface area contributed by atoms with Gasteiger partial charge in [-0.25, -0.2) is 0 Å². The van der Waals surface area contributed by atoms with Crippen molar-refractivity contribution in [2.45, 2.75) is 32.7 Å². The standard InChI is InChI=1S/C15H20N2/c1-3-11(2)9-15(16)14-6-4-5-12-10-17-8-7-13(12)14/h4-8,10-11,15H,3,9,16H2,1-2H3. The molecule has 0 aliphatic heterocycles. The molecule has 1 heterocycles. The quantitative estimate of drug-likeness (QED) is 0.867. The van der Waals surface area contributed by atoms with Crippen molar-refractivity contribution in [3.8, 4) is 0 Å². The summed E-state index contributed by atoms with van der Waals surface area (Å²) in [5, 5.41) is 2.41. The second kappa shape index (κ2) is 5.28. The molecule has 2 nitrogen and oxygen atoms in total. The average molecular weight is 228 g/mol. The van der Waals surface area contributed by atoms with Crippen LogP contribution in [0.2, 0.25) is 0 Å². The molecule has 0 aliphatic carbocycles. The Bertz CT molecular complexity index is 488. The largest absolute Gasteiger partial charge is 0.324 e. The van der Waals surface area contributed by atoms with Gasteiger partial charge in [-0.3, -0.25) is 4.98 Å². The molecule has 2 aromatic rings. The Balaban J connectivity index is 2.34. The van der Waals surface area contributed by atoms with E-state index in [9.17, 15) is 0 Å². The summed E-state index contributed by atoms with van der Waals surface area (Å²) >= 11 is 0. The van der Waals surface area contributed by atoms with E-state index in [0.717, 1.165) is 6.42 Å². The van der Waals surface area contributed by atoms with E-state index in [-0.39, 0.29) is 6.04 Å². The number of hydrogen-bond donors (Lipinski definition) is 1. The molecule has 1 aromatic carbocycles. The predicted molar refractivity (Wildman–Crippen MR) is 72.7 cm³/mol. The third kappa shape index (κ3) is 2.64. The summed E-state index contributed by atoms with van der Waals surface area (Å²) in [6.45, 7) is 4.47. The van der Waals surface area contributed by atoms with E-state index in [1.165, 1.54) is 22.8 Å². The molecule has 1 aromatic heterocycles. The number of nitrogens with two attached hydrogens (primary N) is 1. The van der Waals surface area contributed by atoms with Gasteiger partial charge in [0, 0.05) is 23.8 Å². The van der Waals surface area contributed by atoms with E-state index >= 15 is 0 Å². The zero-order valence-electron chi connectivity index (χ0n) is 10.6. The zero-order chi connectivity index (χ0) is 12.3. The lowest BCUT2D eigenvalue weighted by Gasteiger charge is -2.18. The van der Waals surface area contributed by atoms with Crippen molar-refractivity contribution in [2.24, 2.45) is 11.7 Å². The molecule has 0 bridgehead atoms. The van der Waals surface area contributed by atoms with Crippen molar-refractivity contribution in [3.05, 3.63) is 42.2 Å². The Morgan fingerprint density at radius 3 is 2.88 bits per heavy atom. The lowest BCUT2D eigenvalue weighted by atomic mass is 9.92. The third-order valence-corrected chi connectivity index (χ3v) is 3.47. The molecule has 0 spiro atoms. The molecule has 0 aliphatic rings. The summed E-state index contributed by atoms with van der Waals surface area (Å²) in [7, 11) is 0. The van der Waals surface area contributed by atoms with Crippen LogP contribution < -0.4 is 5.73 Å². The SMILES string of the molecule is CCC(C)CC(N)c1cccc2cnccc12. The second-order valence-electron chi connectivity index (χ2n) is 4.80. The fraction of sp³-hybridized carbons (Fsp3) is 0.400. The van der Waals surface area contributed by atoms with Crippen molar-refractivity contribution in [3.63, 3.8) is 0 Å². The highest BCUT2D eigenvalue weighted by molar-refractivity contribution is 5.85. The van der Waals surface area contributed by atoms with Gasteiger partial charge in [-0.05, 0) is 29.4 Å². The Labute approximate surface area is 103 Å². The molecule has 0 radical (unpaired) electrons. The zero-order valence-corrected chi connectivity index (χ0v) is 10.6. The normalized spacial score (nSPS) is 14.8. The fourth-order valence-corrected chi connectivity index (χ4v) is 2.20. The molecule has 0 saturated carbocycles. The van der Waals surface area contributed by atoms with Gasteiger partial charge in [0.25, 0.3) is 0 Å². The van der Waals surface area contributed by atoms with Gasteiger partial charge in [-0.1, -0.05) is 38.5 Å². The smallest absolute Gasteiger partial charge is 0.0346 e. The van der Waals surface area contributed by atoms with Gasteiger partial charge in [0.15, 0.2) is 0 Å². The molecule has 2 rings (SSSR count). The number of nitrogens with zero attached hydrogens (tertiary/aromatic N) is 1. The number of pyridine rings is 1. The Kier molecular flexibility index (Phi) is 3.75. The Morgan fingerprint density at radius 1 is 1.29 bits per heavy atom. The predicted octanol–water partition coefficient (Wildman–Crippen LogP) is 3.67. The summed E-state index contributed by atoms with van der Waals surface area (Å²) < 4.78 is 0. The summed E-state index contributed by atoms with van der Waals surface area (Å²) in [6, 6.07) is 8.46. The van der Waals surface area contributed by atoms with Crippen molar-refractivity contribution < 1.29 is 0 Å². The van der Waals surface area contributed by atoms with Gasteiger partial charge in [-0.2, -0.15) is 0 Å². The third-order valence-electron chi connectivity index (χ3n) is 3.47. The van der Waals surface area contributed by atoms with Crippen LogP contribution in [0.4, 0.5) is 0 Å². The van der Waals surface area contributed by atoms with Crippen LogP contribution in [0.5, 0.6) is 0 Å². The van der Waals surface area contributed by atoms with Crippen LogP contribution in [0.15, 0.2) is 36.7 Å². The van der Waals surface area contributed by atoms with Crippen LogP contribution >= 0.6 is 0 Å². The molecular formula is C15H20N2. The molecule has 2 atom stereocenters. The van der Waals surface area contributed by atoms with Gasteiger partial charge >= 0.3 is 0 Å². The molecule has 2 unspecified atom stereocenters. The Morgan fingerprint density at radius 2 is 2.12 bits per heavy atom. The maximum atomic E-state index is 6.32. The highest BCUT2D eigenvalue weighted by Gasteiger charge is 2.12. The van der Waals surface area contributed by atoms with E-state index in [2.05, 4.69) is 43.1 Å². The fourth-order valence-electron chi connectivity index (χ4n) is 2.20. The molecule has 2 heteroatoms. The van der Waals surface area contributed by atoms with E-state index in [4.69, 9.17) is 5.73 Å². The van der Waals surface area contributed by atoms with Gasteiger partial charge in [0.05, 0.1) is 0 Å². The van der Waals surface area contributed by atoms with E-state index in [0.29, 0.717) is 5.92 Å². The van der Waals surface area contributed by atoms with Crippen LogP contribution in [-0.4, -0.2) is 4.98 Å². The van der Waals surface area contributed by atoms with E-state index in [1.54, 1.807) is 0 Å². The average Bonchev–Trinajstić information content (AvgIpc) is 2.37. The first-order valence-electron chi connectivity index (χ1n) is 6.30. The van der Waals surface area contributed by atoms with Gasteiger partial charge in [0.2, 0.25) is 0 Å². The highest BCUT2D eigenvalue weighted by atomic mass is 14.6. The topological polar surface area (TPSA) is 38.9 Å². The van der Waals surface area contributed by atoms with Crippen molar-refractivity contribution in [1.29, 1.82) is 0 Å². The summed E-state index contributed by atoms with van der Waals surface area (Å²) in [5.41, 5.74) is 7.56. The number of benzene rings is 1. The maximum absolute atomic E-state index is 6.32. The van der Waals surface area contributed by atoms with Crippen LogP contribution in [0.1, 0.15) is 38.3 Å². The Hall–Kier alpha value is -1.41. The van der Waals surface area contributed by atoms with Crippen LogP contribution in [-0.2, 0) is 0 Å². The van der Waals surface area contributed by atoms with Crippen molar-refractivity contribution in [2.75, 3.05) is 0 Å². The van der Waals surface area contributed by atoms with Gasteiger partial charge in [-0.15, -0.1) is 0 Å². The van der Waals surface area contributed by atoms with Gasteiger partial charge < -0.3 is 5.73 Å². The molecule has 0 saturated heterocycles.